The molecule has 0 spiro atoms. The molecule has 3 aromatic rings. The molecule has 0 aliphatic heterocycles. The lowest BCUT2D eigenvalue weighted by Gasteiger charge is -2.05. The molecule has 0 radical (unpaired) electrons. The molecule has 4 heteroatoms. The fraction of sp³-hybridized carbons (Fsp3) is 0. The van der Waals surface area contributed by atoms with Crippen LogP contribution >= 0.6 is 0 Å². The number of hydrogen-bond donors (Lipinski definition) is 1. The lowest BCUT2D eigenvalue weighted by molar-refractivity contribution is 0.0698. The molecule has 0 atom stereocenters. The molecule has 0 saturated heterocycles. The quantitative estimate of drug-likeness (QED) is 0.762. The number of aromatic nitrogens is 1. The molecule has 0 aliphatic rings. The second-order valence-corrected chi connectivity index (χ2v) is 4.22. The molecule has 0 aliphatic carbocycles. The molecule has 0 saturated carbocycles. The van der Waals surface area contributed by atoms with Crippen LogP contribution in [0.2, 0.25) is 0 Å². The number of fused-ring (bicyclic) bond motifs is 1. The number of benzene rings is 1. The molecule has 3 rings (SSSR count). The summed E-state index contributed by atoms with van der Waals surface area (Å²) in [5, 5.41) is 9.29. The summed E-state index contributed by atoms with van der Waals surface area (Å²) >= 11 is 0. The van der Waals surface area contributed by atoms with Gasteiger partial charge >= 0.3 is 5.97 Å². The maximum atomic E-state index is 13.3. The van der Waals surface area contributed by atoms with Crippen LogP contribution in [0.5, 0.6) is 0 Å². The van der Waals surface area contributed by atoms with E-state index in [-0.39, 0.29) is 11.4 Å². The zero-order valence-corrected chi connectivity index (χ0v) is 9.88. The van der Waals surface area contributed by atoms with Gasteiger partial charge in [-0.2, -0.15) is 0 Å². The Balaban J connectivity index is 2.38. The van der Waals surface area contributed by atoms with Crippen molar-refractivity contribution in [3.05, 3.63) is 66.1 Å². The fourth-order valence-corrected chi connectivity index (χ4v) is 2.22. The van der Waals surface area contributed by atoms with Crippen LogP contribution in [0.1, 0.15) is 10.4 Å². The van der Waals surface area contributed by atoms with Gasteiger partial charge in [-0.25, -0.2) is 9.18 Å². The first-order valence-corrected chi connectivity index (χ1v) is 5.76. The normalized spacial score (nSPS) is 10.8. The number of carboxylic acid groups (broad SMARTS) is 1. The first-order valence-electron chi connectivity index (χ1n) is 5.76. The largest absolute Gasteiger partial charge is 0.478 e. The number of hydrogen-bond acceptors (Lipinski definition) is 1. The number of carbonyl (C=O) groups is 1. The van der Waals surface area contributed by atoms with Gasteiger partial charge in [0.25, 0.3) is 0 Å². The first-order chi connectivity index (χ1) is 9.16. The smallest absolute Gasteiger partial charge is 0.337 e. The van der Waals surface area contributed by atoms with E-state index in [4.69, 9.17) is 0 Å². The third-order valence-electron chi connectivity index (χ3n) is 3.01. The number of carboxylic acids is 1. The highest BCUT2D eigenvalue weighted by atomic mass is 19.1. The van der Waals surface area contributed by atoms with Crippen molar-refractivity contribution in [1.29, 1.82) is 0 Å². The van der Waals surface area contributed by atoms with Crippen LogP contribution in [0, 0.1) is 5.82 Å². The van der Waals surface area contributed by atoms with Crippen molar-refractivity contribution in [2.45, 2.75) is 0 Å². The number of rotatable bonds is 2. The SMILES string of the molecule is O=C(O)c1cc2ccccn2c1-c1cccc(F)c1. The number of pyridine rings is 1. The van der Waals surface area contributed by atoms with Gasteiger partial charge in [-0.05, 0) is 30.3 Å². The third-order valence-corrected chi connectivity index (χ3v) is 3.01. The van der Waals surface area contributed by atoms with Crippen molar-refractivity contribution in [2.24, 2.45) is 0 Å². The zero-order valence-electron chi connectivity index (χ0n) is 9.88. The first kappa shape index (κ1) is 11.5. The number of halogens is 1. The fourth-order valence-electron chi connectivity index (χ4n) is 2.22. The van der Waals surface area contributed by atoms with E-state index in [1.54, 1.807) is 34.9 Å². The van der Waals surface area contributed by atoms with Crippen molar-refractivity contribution >= 4 is 11.5 Å². The van der Waals surface area contributed by atoms with Gasteiger partial charge in [0, 0.05) is 17.3 Å². The summed E-state index contributed by atoms with van der Waals surface area (Å²) in [7, 11) is 0. The molecule has 0 amide bonds. The van der Waals surface area contributed by atoms with Crippen molar-refractivity contribution in [3.63, 3.8) is 0 Å². The molecule has 1 N–H and O–H groups in total. The van der Waals surface area contributed by atoms with Crippen LogP contribution in [0.25, 0.3) is 16.8 Å². The highest BCUT2D eigenvalue weighted by Crippen LogP contribution is 2.28. The summed E-state index contributed by atoms with van der Waals surface area (Å²) in [5.41, 5.74) is 1.96. The average Bonchev–Trinajstić information content (AvgIpc) is 2.78. The lowest BCUT2D eigenvalue weighted by atomic mass is 10.1. The Hall–Kier alpha value is -2.62. The molecule has 2 aromatic heterocycles. The molecule has 19 heavy (non-hydrogen) atoms. The second-order valence-electron chi connectivity index (χ2n) is 4.22. The maximum absolute atomic E-state index is 13.3. The molecule has 94 valence electrons. The minimum Gasteiger partial charge on any atom is -0.478 e. The predicted molar refractivity (Wildman–Crippen MR) is 69.8 cm³/mol. The molecule has 1 aromatic carbocycles. The van der Waals surface area contributed by atoms with E-state index in [1.165, 1.54) is 12.1 Å². The van der Waals surface area contributed by atoms with Crippen LogP contribution < -0.4 is 0 Å². The molecular formula is C15H10FNO2. The monoisotopic (exact) mass is 255 g/mol. The van der Waals surface area contributed by atoms with E-state index < -0.39 is 5.97 Å². The van der Waals surface area contributed by atoms with Gasteiger partial charge in [-0.15, -0.1) is 0 Å². The number of nitrogens with zero attached hydrogens (tertiary/aromatic N) is 1. The summed E-state index contributed by atoms with van der Waals surface area (Å²) in [6.45, 7) is 0. The predicted octanol–water partition coefficient (Wildman–Crippen LogP) is 3.44. The Kier molecular flexibility index (Phi) is 2.56. The van der Waals surface area contributed by atoms with Crippen molar-refractivity contribution in [1.82, 2.24) is 4.40 Å². The highest BCUT2D eigenvalue weighted by Gasteiger charge is 2.17. The van der Waals surface area contributed by atoms with Crippen molar-refractivity contribution in [2.75, 3.05) is 0 Å². The van der Waals surface area contributed by atoms with Crippen LogP contribution in [-0.4, -0.2) is 15.5 Å². The van der Waals surface area contributed by atoms with Gasteiger partial charge in [0.2, 0.25) is 0 Å². The Labute approximate surface area is 108 Å². The lowest BCUT2D eigenvalue weighted by Crippen LogP contribution is -1.98. The van der Waals surface area contributed by atoms with E-state index in [1.807, 2.05) is 12.1 Å². The molecular weight excluding hydrogens is 245 g/mol. The molecule has 0 unspecified atom stereocenters. The number of aromatic carboxylic acids is 1. The topological polar surface area (TPSA) is 41.7 Å². The van der Waals surface area contributed by atoms with Crippen LogP contribution in [0.15, 0.2) is 54.7 Å². The Morgan fingerprint density at radius 1 is 1.11 bits per heavy atom. The van der Waals surface area contributed by atoms with Gasteiger partial charge in [0.05, 0.1) is 11.3 Å². The van der Waals surface area contributed by atoms with Gasteiger partial charge < -0.3 is 9.51 Å². The zero-order chi connectivity index (χ0) is 13.4. The molecule has 3 nitrogen and oxygen atoms in total. The third kappa shape index (κ3) is 1.87. The summed E-state index contributed by atoms with van der Waals surface area (Å²) < 4.78 is 15.1. The van der Waals surface area contributed by atoms with Crippen LogP contribution in [-0.2, 0) is 0 Å². The maximum Gasteiger partial charge on any atom is 0.337 e. The second kappa shape index (κ2) is 4.24. The molecule has 0 fully saturated rings. The van der Waals surface area contributed by atoms with Gasteiger partial charge in [-0.3, -0.25) is 0 Å². The van der Waals surface area contributed by atoms with Gasteiger partial charge in [0.1, 0.15) is 5.82 Å². The van der Waals surface area contributed by atoms with Crippen LogP contribution in [0.3, 0.4) is 0 Å². The van der Waals surface area contributed by atoms with Crippen molar-refractivity contribution in [3.8, 4) is 11.3 Å². The van der Waals surface area contributed by atoms with E-state index in [0.717, 1.165) is 5.52 Å². The van der Waals surface area contributed by atoms with E-state index in [0.29, 0.717) is 11.3 Å². The Bertz CT molecular complexity index is 777. The minimum absolute atomic E-state index is 0.164. The van der Waals surface area contributed by atoms with Gasteiger partial charge in [0.15, 0.2) is 0 Å². The average molecular weight is 255 g/mol. The van der Waals surface area contributed by atoms with Crippen LogP contribution in [0.4, 0.5) is 4.39 Å². The summed E-state index contributed by atoms with van der Waals surface area (Å²) in [5.74, 6) is -1.41. The summed E-state index contributed by atoms with van der Waals surface area (Å²) in [6, 6.07) is 13.0. The molecule has 2 heterocycles. The highest BCUT2D eigenvalue weighted by molar-refractivity contribution is 5.97. The minimum atomic E-state index is -1.03. The van der Waals surface area contributed by atoms with E-state index in [2.05, 4.69) is 0 Å². The van der Waals surface area contributed by atoms with Crippen molar-refractivity contribution < 1.29 is 14.3 Å². The summed E-state index contributed by atoms with van der Waals surface area (Å²) in [4.78, 5) is 11.3. The standard InChI is InChI=1S/C15H10FNO2/c16-11-5-3-4-10(8-11)14-13(15(18)19)9-12-6-1-2-7-17(12)14/h1-9H,(H,18,19). The summed E-state index contributed by atoms with van der Waals surface area (Å²) in [6.07, 6.45) is 1.77. The Morgan fingerprint density at radius 2 is 1.95 bits per heavy atom. The van der Waals surface area contributed by atoms with E-state index in [9.17, 15) is 14.3 Å². The van der Waals surface area contributed by atoms with E-state index >= 15 is 0 Å². The van der Waals surface area contributed by atoms with Gasteiger partial charge in [-0.1, -0.05) is 18.2 Å². The Morgan fingerprint density at radius 3 is 2.68 bits per heavy atom. The molecule has 0 bridgehead atoms.